The van der Waals surface area contributed by atoms with Gasteiger partial charge in [-0.3, -0.25) is 9.59 Å². The molecule has 0 aliphatic carbocycles. The Morgan fingerprint density at radius 3 is 2.26 bits per heavy atom. The minimum Gasteiger partial charge on any atom is -0.494 e. The summed E-state index contributed by atoms with van der Waals surface area (Å²) in [6, 6.07) is 14.2. The molecule has 7 nitrogen and oxygen atoms in total. The summed E-state index contributed by atoms with van der Waals surface area (Å²) in [6.45, 7) is 3.99. The third kappa shape index (κ3) is 8.08. The Balaban J connectivity index is 1.79. The van der Waals surface area contributed by atoms with Crippen LogP contribution in [0.5, 0.6) is 5.75 Å². The lowest BCUT2D eigenvalue weighted by atomic mass is 9.78. The van der Waals surface area contributed by atoms with E-state index in [1.807, 2.05) is 23.8 Å². The first kappa shape index (κ1) is 29.2. The Kier molecular flexibility index (Phi) is 8.91. The van der Waals surface area contributed by atoms with Crippen LogP contribution in [0.1, 0.15) is 55.7 Å². The molecule has 1 atom stereocenters. The normalized spacial score (nSPS) is 18.2. The van der Waals surface area contributed by atoms with E-state index in [4.69, 9.17) is 4.74 Å². The summed E-state index contributed by atoms with van der Waals surface area (Å²) in [7, 11) is -3.89. The number of carbonyl (C=O) groups is 2. The molecule has 2 aromatic carbocycles. The van der Waals surface area contributed by atoms with Gasteiger partial charge in [0.25, 0.3) is 11.8 Å². The SMILES string of the molecule is Cc1ccc(C2=C(C(=O)NS(C)(=O)=O)C(=O)N[C@](C)(c3ccc(OCCCCCC(F)(F)F)cc3)C2)cc1. The van der Waals surface area contributed by atoms with Gasteiger partial charge in [-0.05, 0) is 61.9 Å². The third-order valence-electron chi connectivity index (χ3n) is 6.22. The molecule has 2 aromatic rings. The molecule has 2 amide bonds. The maximum atomic E-state index is 13.2. The number of halogens is 3. The fraction of sp³-hybridized carbons (Fsp3) is 0.407. The summed E-state index contributed by atoms with van der Waals surface area (Å²) in [5, 5.41) is 2.85. The van der Waals surface area contributed by atoms with Gasteiger partial charge in [0.15, 0.2) is 0 Å². The highest BCUT2D eigenvalue weighted by Gasteiger charge is 2.40. The van der Waals surface area contributed by atoms with Crippen molar-refractivity contribution in [1.29, 1.82) is 0 Å². The van der Waals surface area contributed by atoms with Gasteiger partial charge in [-0.25, -0.2) is 13.1 Å². The minimum atomic E-state index is -4.14. The summed E-state index contributed by atoms with van der Waals surface area (Å²) in [5.41, 5.74) is 1.58. The van der Waals surface area contributed by atoms with Crippen LogP contribution in [0.2, 0.25) is 0 Å². The third-order valence-corrected chi connectivity index (χ3v) is 6.77. The van der Waals surface area contributed by atoms with Crippen molar-refractivity contribution in [2.24, 2.45) is 0 Å². The summed E-state index contributed by atoms with van der Waals surface area (Å²) < 4.78 is 67.6. The number of ether oxygens (including phenoxy) is 1. The van der Waals surface area contributed by atoms with Gasteiger partial charge >= 0.3 is 6.18 Å². The average Bonchev–Trinajstić information content (AvgIpc) is 2.80. The Bertz CT molecular complexity index is 1300. The molecule has 0 spiro atoms. The first-order valence-electron chi connectivity index (χ1n) is 12.1. The van der Waals surface area contributed by atoms with Crippen molar-refractivity contribution in [3.8, 4) is 5.75 Å². The van der Waals surface area contributed by atoms with Crippen LogP contribution in [0.15, 0.2) is 54.1 Å². The van der Waals surface area contributed by atoms with E-state index in [1.165, 1.54) is 0 Å². The molecule has 0 aromatic heterocycles. The quantitative estimate of drug-likeness (QED) is 0.327. The molecule has 0 unspecified atom stereocenters. The van der Waals surface area contributed by atoms with Crippen LogP contribution in [-0.4, -0.2) is 39.3 Å². The Labute approximate surface area is 220 Å². The monoisotopic (exact) mass is 552 g/mol. The number of rotatable bonds is 10. The van der Waals surface area contributed by atoms with Gasteiger partial charge in [0.2, 0.25) is 10.0 Å². The van der Waals surface area contributed by atoms with Gasteiger partial charge in [0.05, 0.1) is 18.4 Å². The van der Waals surface area contributed by atoms with Gasteiger partial charge < -0.3 is 10.1 Å². The van der Waals surface area contributed by atoms with Crippen LogP contribution in [0.3, 0.4) is 0 Å². The van der Waals surface area contributed by atoms with Crippen molar-refractivity contribution in [2.75, 3.05) is 12.9 Å². The van der Waals surface area contributed by atoms with E-state index < -0.39 is 40.0 Å². The van der Waals surface area contributed by atoms with Crippen molar-refractivity contribution >= 4 is 27.4 Å². The van der Waals surface area contributed by atoms with Gasteiger partial charge in [0, 0.05) is 12.8 Å². The molecule has 3 rings (SSSR count). The van der Waals surface area contributed by atoms with Crippen LogP contribution >= 0.6 is 0 Å². The smallest absolute Gasteiger partial charge is 0.389 e. The molecule has 0 radical (unpaired) electrons. The van der Waals surface area contributed by atoms with Crippen LogP contribution in [0, 0.1) is 6.92 Å². The van der Waals surface area contributed by atoms with Gasteiger partial charge in [-0.1, -0.05) is 42.0 Å². The fourth-order valence-corrected chi connectivity index (χ4v) is 4.72. The highest BCUT2D eigenvalue weighted by atomic mass is 32.2. The predicted molar refractivity (Wildman–Crippen MR) is 138 cm³/mol. The summed E-state index contributed by atoms with van der Waals surface area (Å²) in [4.78, 5) is 26.0. The molecule has 1 aliphatic heterocycles. The Morgan fingerprint density at radius 1 is 1.05 bits per heavy atom. The van der Waals surface area contributed by atoms with Crippen LogP contribution in [0.25, 0.3) is 5.57 Å². The zero-order chi connectivity index (χ0) is 28.1. The molecular weight excluding hydrogens is 521 g/mol. The van der Waals surface area contributed by atoms with E-state index in [9.17, 15) is 31.2 Å². The number of hydrogen-bond acceptors (Lipinski definition) is 5. The second-order valence-corrected chi connectivity index (χ2v) is 11.4. The van der Waals surface area contributed by atoms with Gasteiger partial charge in [0.1, 0.15) is 11.3 Å². The van der Waals surface area contributed by atoms with Crippen LogP contribution < -0.4 is 14.8 Å². The maximum absolute atomic E-state index is 13.2. The van der Waals surface area contributed by atoms with E-state index in [-0.39, 0.29) is 25.0 Å². The molecule has 206 valence electrons. The number of sulfonamides is 1. The zero-order valence-corrected chi connectivity index (χ0v) is 22.3. The topological polar surface area (TPSA) is 102 Å². The van der Waals surface area contributed by atoms with E-state index in [0.29, 0.717) is 29.7 Å². The van der Waals surface area contributed by atoms with Crippen molar-refractivity contribution in [3.63, 3.8) is 0 Å². The number of hydrogen-bond donors (Lipinski definition) is 2. The van der Waals surface area contributed by atoms with Crippen LogP contribution in [0.4, 0.5) is 13.2 Å². The summed E-state index contributed by atoms with van der Waals surface area (Å²) in [6.07, 6.45) is -2.93. The number of carbonyl (C=O) groups excluding carboxylic acids is 2. The van der Waals surface area contributed by atoms with Crippen molar-refractivity contribution < 1.29 is 35.9 Å². The van der Waals surface area contributed by atoms with Gasteiger partial charge in [-0.2, -0.15) is 13.2 Å². The minimum absolute atomic E-state index is 0.0604. The lowest BCUT2D eigenvalue weighted by molar-refractivity contribution is -0.135. The Hall–Kier alpha value is -3.34. The second-order valence-electron chi connectivity index (χ2n) is 9.68. The molecule has 1 aliphatic rings. The van der Waals surface area contributed by atoms with E-state index >= 15 is 0 Å². The molecular formula is C27H31F3N2O5S. The van der Waals surface area contributed by atoms with Crippen molar-refractivity contribution in [2.45, 2.75) is 57.7 Å². The maximum Gasteiger partial charge on any atom is 0.389 e. The molecule has 11 heteroatoms. The molecule has 0 saturated heterocycles. The summed E-state index contributed by atoms with van der Waals surface area (Å²) in [5.74, 6) is -1.16. The fourth-order valence-electron chi connectivity index (χ4n) is 4.28. The molecule has 0 bridgehead atoms. The highest BCUT2D eigenvalue weighted by molar-refractivity contribution is 7.89. The first-order chi connectivity index (χ1) is 17.7. The predicted octanol–water partition coefficient (Wildman–Crippen LogP) is 4.76. The number of aryl methyl sites for hydroxylation is 1. The van der Waals surface area contributed by atoms with E-state index in [2.05, 4.69) is 5.32 Å². The zero-order valence-electron chi connectivity index (χ0n) is 21.4. The number of alkyl halides is 3. The largest absolute Gasteiger partial charge is 0.494 e. The lowest BCUT2D eigenvalue weighted by Crippen LogP contribution is -2.50. The number of benzene rings is 2. The highest BCUT2D eigenvalue weighted by Crippen LogP contribution is 2.39. The standard InChI is InChI=1S/C27H31F3N2O5S/c1-18-7-9-19(10-8-18)22-17-26(2,31-24(33)23(22)25(34)32-38(3,35)36)20-11-13-21(14-12-20)37-16-6-4-5-15-27(28,29)30/h7-14H,4-6,15-17H2,1-3H3,(H,31,33)(H,32,34)/t26-/m0/s1. The van der Waals surface area contributed by atoms with Crippen LogP contribution in [-0.2, 0) is 25.2 Å². The van der Waals surface area contributed by atoms with Crippen molar-refractivity contribution in [3.05, 3.63) is 70.8 Å². The molecule has 0 fully saturated rings. The Morgan fingerprint density at radius 2 is 1.68 bits per heavy atom. The van der Waals surface area contributed by atoms with Crippen molar-refractivity contribution in [1.82, 2.24) is 10.0 Å². The molecule has 0 saturated carbocycles. The molecule has 1 heterocycles. The second kappa shape index (κ2) is 11.6. The molecule has 2 N–H and O–H groups in total. The number of unbranched alkanes of at least 4 members (excludes halogenated alkanes) is 2. The lowest BCUT2D eigenvalue weighted by Gasteiger charge is -2.37. The number of nitrogens with one attached hydrogen (secondary N) is 2. The average molecular weight is 553 g/mol. The van der Waals surface area contributed by atoms with E-state index in [0.717, 1.165) is 17.4 Å². The van der Waals surface area contributed by atoms with Gasteiger partial charge in [-0.15, -0.1) is 0 Å². The number of amides is 2. The van der Waals surface area contributed by atoms with E-state index in [1.54, 1.807) is 43.3 Å². The first-order valence-corrected chi connectivity index (χ1v) is 14.0. The molecule has 38 heavy (non-hydrogen) atoms. The summed E-state index contributed by atoms with van der Waals surface area (Å²) >= 11 is 0.